The fourth-order valence-corrected chi connectivity index (χ4v) is 1.21. The Bertz CT molecular complexity index is 368. The van der Waals surface area contributed by atoms with Gasteiger partial charge in [-0.2, -0.15) is 0 Å². The summed E-state index contributed by atoms with van der Waals surface area (Å²) in [6, 6.07) is 4.27. The van der Waals surface area contributed by atoms with Crippen molar-refractivity contribution in [3.8, 4) is 5.75 Å². The largest absolute Gasteiger partial charge is 0.479 e. The van der Waals surface area contributed by atoms with E-state index < -0.39 is 17.9 Å². The van der Waals surface area contributed by atoms with E-state index in [0.717, 1.165) is 0 Å². The highest BCUT2D eigenvalue weighted by atomic mass is 79.9. The number of hydrogen-bond donors (Lipinski definition) is 0. The summed E-state index contributed by atoms with van der Waals surface area (Å²) in [5.41, 5.74) is 0. The summed E-state index contributed by atoms with van der Waals surface area (Å²) in [7, 11) is 1.27. The van der Waals surface area contributed by atoms with Gasteiger partial charge in [-0.3, -0.25) is 0 Å². The number of rotatable bonds is 3. The first-order valence-electron chi connectivity index (χ1n) is 4.24. The number of methoxy groups -OCH3 is 1. The van der Waals surface area contributed by atoms with Crippen molar-refractivity contribution in [1.29, 1.82) is 0 Å². The van der Waals surface area contributed by atoms with Crippen LogP contribution in [0.4, 0.5) is 4.39 Å². The smallest absolute Gasteiger partial charge is 0.346 e. The van der Waals surface area contributed by atoms with E-state index in [1.807, 2.05) is 0 Å². The van der Waals surface area contributed by atoms with E-state index in [4.69, 9.17) is 4.74 Å². The van der Waals surface area contributed by atoms with Crippen molar-refractivity contribution in [2.75, 3.05) is 7.11 Å². The molecule has 0 aliphatic heterocycles. The standard InChI is InChI=1S/C10H10BrFO3/c1-6(10(13)14-2)15-7-3-4-8(11)9(12)5-7/h3-6H,1-2H3/t6-/m1/s1. The zero-order valence-electron chi connectivity index (χ0n) is 8.29. The third kappa shape index (κ3) is 3.20. The van der Waals surface area contributed by atoms with Gasteiger partial charge in [0, 0.05) is 6.07 Å². The van der Waals surface area contributed by atoms with Gasteiger partial charge in [0.05, 0.1) is 11.6 Å². The fourth-order valence-electron chi connectivity index (χ4n) is 0.968. The molecule has 0 aliphatic rings. The molecule has 0 aliphatic carbocycles. The van der Waals surface area contributed by atoms with E-state index in [-0.39, 0.29) is 5.75 Å². The number of carbonyl (C=O) groups is 1. The van der Waals surface area contributed by atoms with Crippen LogP contribution in [0.25, 0.3) is 0 Å². The topological polar surface area (TPSA) is 35.5 Å². The first-order valence-corrected chi connectivity index (χ1v) is 5.03. The monoisotopic (exact) mass is 276 g/mol. The molecule has 0 heterocycles. The Morgan fingerprint density at radius 3 is 2.73 bits per heavy atom. The average molecular weight is 277 g/mol. The lowest BCUT2D eigenvalue weighted by molar-refractivity contribution is -0.147. The van der Waals surface area contributed by atoms with Gasteiger partial charge in [-0.25, -0.2) is 9.18 Å². The van der Waals surface area contributed by atoms with Crippen LogP contribution >= 0.6 is 15.9 Å². The van der Waals surface area contributed by atoms with Crippen LogP contribution in [0.1, 0.15) is 6.92 Å². The maximum atomic E-state index is 13.1. The molecule has 0 bridgehead atoms. The molecule has 0 N–H and O–H groups in total. The molecule has 0 aromatic heterocycles. The summed E-state index contributed by atoms with van der Waals surface area (Å²) >= 11 is 3.02. The van der Waals surface area contributed by atoms with Crippen molar-refractivity contribution >= 4 is 21.9 Å². The lowest BCUT2D eigenvalue weighted by Crippen LogP contribution is -2.24. The predicted molar refractivity (Wildman–Crippen MR) is 56.2 cm³/mol. The molecular formula is C10H10BrFO3. The molecule has 82 valence electrons. The number of carbonyl (C=O) groups excluding carboxylic acids is 1. The maximum absolute atomic E-state index is 13.1. The predicted octanol–water partition coefficient (Wildman–Crippen LogP) is 2.53. The molecule has 0 unspecified atom stereocenters. The molecule has 3 nitrogen and oxygen atoms in total. The van der Waals surface area contributed by atoms with Crippen LogP contribution in [-0.4, -0.2) is 19.2 Å². The minimum Gasteiger partial charge on any atom is -0.479 e. The van der Waals surface area contributed by atoms with Gasteiger partial charge in [0.2, 0.25) is 0 Å². The summed E-state index contributed by atoms with van der Waals surface area (Å²) in [6.07, 6.45) is -0.754. The third-order valence-electron chi connectivity index (χ3n) is 1.74. The zero-order valence-corrected chi connectivity index (χ0v) is 9.88. The molecule has 15 heavy (non-hydrogen) atoms. The summed E-state index contributed by atoms with van der Waals surface area (Å²) in [4.78, 5) is 11.0. The Hall–Kier alpha value is -1.10. The summed E-state index contributed by atoms with van der Waals surface area (Å²) in [5.74, 6) is -0.656. The van der Waals surface area contributed by atoms with E-state index in [1.165, 1.54) is 26.2 Å². The Morgan fingerprint density at radius 2 is 2.20 bits per heavy atom. The van der Waals surface area contributed by atoms with Gasteiger partial charge in [-0.05, 0) is 35.0 Å². The fraction of sp³-hybridized carbons (Fsp3) is 0.300. The Morgan fingerprint density at radius 1 is 1.53 bits per heavy atom. The third-order valence-corrected chi connectivity index (χ3v) is 2.38. The average Bonchev–Trinajstić information content (AvgIpc) is 2.22. The molecule has 0 fully saturated rings. The van der Waals surface area contributed by atoms with E-state index in [1.54, 1.807) is 6.07 Å². The highest BCUT2D eigenvalue weighted by Gasteiger charge is 2.15. The molecule has 1 aromatic carbocycles. The number of benzene rings is 1. The van der Waals surface area contributed by atoms with Gasteiger partial charge < -0.3 is 9.47 Å². The first kappa shape index (κ1) is 12.0. The van der Waals surface area contributed by atoms with Crippen LogP contribution < -0.4 is 4.74 Å². The Kier molecular flexibility index (Phi) is 4.08. The highest BCUT2D eigenvalue weighted by molar-refractivity contribution is 9.10. The van der Waals surface area contributed by atoms with Crippen LogP contribution in [0, 0.1) is 5.82 Å². The molecule has 1 aromatic rings. The van der Waals surface area contributed by atoms with Crippen LogP contribution in [0.2, 0.25) is 0 Å². The molecule has 0 amide bonds. The minimum atomic E-state index is -0.754. The molecule has 0 saturated heterocycles. The molecular weight excluding hydrogens is 267 g/mol. The molecule has 0 radical (unpaired) electrons. The van der Waals surface area contributed by atoms with Crippen LogP contribution in [-0.2, 0) is 9.53 Å². The summed E-state index contributed by atoms with van der Waals surface area (Å²) < 4.78 is 23.1. The Balaban J connectivity index is 2.73. The molecule has 0 saturated carbocycles. The highest BCUT2D eigenvalue weighted by Crippen LogP contribution is 2.21. The van der Waals surface area contributed by atoms with E-state index in [2.05, 4.69) is 20.7 Å². The van der Waals surface area contributed by atoms with E-state index in [0.29, 0.717) is 4.47 Å². The zero-order chi connectivity index (χ0) is 11.4. The second-order valence-corrected chi connectivity index (χ2v) is 3.71. The van der Waals surface area contributed by atoms with Gasteiger partial charge in [0.1, 0.15) is 11.6 Å². The van der Waals surface area contributed by atoms with E-state index in [9.17, 15) is 9.18 Å². The van der Waals surface area contributed by atoms with Crippen molar-refractivity contribution in [2.24, 2.45) is 0 Å². The van der Waals surface area contributed by atoms with E-state index >= 15 is 0 Å². The van der Waals surface area contributed by atoms with Crippen molar-refractivity contribution < 1.29 is 18.7 Å². The number of hydrogen-bond acceptors (Lipinski definition) is 3. The normalized spacial score (nSPS) is 12.0. The number of esters is 1. The van der Waals surface area contributed by atoms with Crippen LogP contribution in [0.15, 0.2) is 22.7 Å². The molecule has 1 atom stereocenters. The SMILES string of the molecule is COC(=O)[C@@H](C)Oc1ccc(Br)c(F)c1. The quantitative estimate of drug-likeness (QED) is 0.796. The van der Waals surface area contributed by atoms with Gasteiger partial charge in [-0.1, -0.05) is 0 Å². The maximum Gasteiger partial charge on any atom is 0.346 e. The second-order valence-electron chi connectivity index (χ2n) is 2.86. The minimum absolute atomic E-state index is 0.286. The Labute approximate surface area is 95.3 Å². The van der Waals surface area contributed by atoms with Crippen LogP contribution in [0.5, 0.6) is 5.75 Å². The van der Waals surface area contributed by atoms with Crippen molar-refractivity contribution in [3.05, 3.63) is 28.5 Å². The van der Waals surface area contributed by atoms with Gasteiger partial charge in [0.15, 0.2) is 6.10 Å². The van der Waals surface area contributed by atoms with Gasteiger partial charge in [0.25, 0.3) is 0 Å². The molecule has 1 rings (SSSR count). The summed E-state index contributed by atoms with van der Waals surface area (Å²) in [5, 5.41) is 0. The lowest BCUT2D eigenvalue weighted by Gasteiger charge is -2.12. The van der Waals surface area contributed by atoms with Crippen molar-refractivity contribution in [2.45, 2.75) is 13.0 Å². The van der Waals surface area contributed by atoms with Crippen molar-refractivity contribution in [3.63, 3.8) is 0 Å². The lowest BCUT2D eigenvalue weighted by atomic mass is 10.3. The van der Waals surface area contributed by atoms with Crippen molar-refractivity contribution in [1.82, 2.24) is 0 Å². The van der Waals surface area contributed by atoms with Crippen LogP contribution in [0.3, 0.4) is 0 Å². The number of halogens is 2. The second kappa shape index (κ2) is 5.11. The van der Waals surface area contributed by atoms with Gasteiger partial charge in [-0.15, -0.1) is 0 Å². The summed E-state index contributed by atoms with van der Waals surface area (Å²) in [6.45, 7) is 1.53. The molecule has 0 spiro atoms. The first-order chi connectivity index (χ1) is 7.04. The molecule has 5 heteroatoms. The van der Waals surface area contributed by atoms with Gasteiger partial charge >= 0.3 is 5.97 Å². The number of ether oxygens (including phenoxy) is 2.